The second kappa shape index (κ2) is 5.39. The molecule has 4 bridgehead atoms. The van der Waals surface area contributed by atoms with Crippen LogP contribution in [-0.2, 0) is 14.3 Å². The molecule has 1 unspecified atom stereocenters. The van der Waals surface area contributed by atoms with Crippen molar-refractivity contribution < 1.29 is 14.3 Å². The number of esters is 1. The van der Waals surface area contributed by atoms with Crippen molar-refractivity contribution in [2.24, 2.45) is 29.6 Å². The van der Waals surface area contributed by atoms with Gasteiger partial charge in [-0.25, -0.2) is 0 Å². The Hall–Kier alpha value is -1.32. The quantitative estimate of drug-likeness (QED) is 0.643. The molecule has 5 rings (SSSR count). The SMILES string of the molecule is COC(=O)C1CCC(NC2C3CC4CC(C3)CC2C4)=CC1=O. The molecule has 22 heavy (non-hydrogen) atoms. The van der Waals surface area contributed by atoms with Crippen LogP contribution in [0, 0.1) is 29.6 Å². The molecule has 0 amide bonds. The zero-order chi connectivity index (χ0) is 15.3. The van der Waals surface area contributed by atoms with E-state index in [-0.39, 0.29) is 5.78 Å². The summed E-state index contributed by atoms with van der Waals surface area (Å²) < 4.78 is 4.71. The minimum Gasteiger partial charge on any atom is -0.468 e. The molecule has 5 aliphatic carbocycles. The number of rotatable bonds is 3. The van der Waals surface area contributed by atoms with Crippen LogP contribution in [-0.4, -0.2) is 24.9 Å². The molecular formula is C18H25NO3. The number of allylic oxidation sites excluding steroid dienone is 2. The molecule has 0 aromatic rings. The van der Waals surface area contributed by atoms with Gasteiger partial charge in [0.05, 0.1) is 7.11 Å². The van der Waals surface area contributed by atoms with Crippen molar-refractivity contribution in [3.05, 3.63) is 11.8 Å². The van der Waals surface area contributed by atoms with Gasteiger partial charge in [0.1, 0.15) is 5.92 Å². The lowest BCUT2D eigenvalue weighted by atomic mass is 9.54. The average Bonchev–Trinajstić information content (AvgIpc) is 2.49. The smallest absolute Gasteiger partial charge is 0.316 e. The zero-order valence-corrected chi connectivity index (χ0v) is 13.2. The monoisotopic (exact) mass is 303 g/mol. The average molecular weight is 303 g/mol. The van der Waals surface area contributed by atoms with E-state index in [0.29, 0.717) is 12.5 Å². The van der Waals surface area contributed by atoms with Crippen molar-refractivity contribution in [1.82, 2.24) is 5.32 Å². The van der Waals surface area contributed by atoms with Gasteiger partial charge in [-0.3, -0.25) is 9.59 Å². The Morgan fingerprint density at radius 3 is 2.32 bits per heavy atom. The number of carbonyl (C=O) groups is 2. The van der Waals surface area contributed by atoms with Gasteiger partial charge in [0.15, 0.2) is 5.78 Å². The van der Waals surface area contributed by atoms with E-state index < -0.39 is 11.9 Å². The fourth-order valence-corrected chi connectivity index (χ4v) is 5.65. The van der Waals surface area contributed by atoms with Gasteiger partial charge in [-0.2, -0.15) is 0 Å². The number of ether oxygens (including phenoxy) is 1. The molecule has 0 heterocycles. The van der Waals surface area contributed by atoms with Crippen LogP contribution >= 0.6 is 0 Å². The van der Waals surface area contributed by atoms with Crippen molar-refractivity contribution in [1.29, 1.82) is 0 Å². The van der Waals surface area contributed by atoms with E-state index in [1.807, 2.05) is 0 Å². The maximum atomic E-state index is 12.1. The molecule has 4 fully saturated rings. The Bertz CT molecular complexity index is 496. The Morgan fingerprint density at radius 1 is 1.14 bits per heavy atom. The third-order valence-corrected chi connectivity index (χ3v) is 6.43. The summed E-state index contributed by atoms with van der Waals surface area (Å²) in [6.07, 6.45) is 9.98. The summed E-state index contributed by atoms with van der Waals surface area (Å²) in [6.45, 7) is 0. The molecule has 5 aliphatic rings. The topological polar surface area (TPSA) is 55.4 Å². The van der Waals surface area contributed by atoms with Crippen molar-refractivity contribution in [3.8, 4) is 0 Å². The maximum Gasteiger partial charge on any atom is 0.316 e. The molecule has 4 nitrogen and oxygen atoms in total. The van der Waals surface area contributed by atoms with E-state index in [1.165, 1.54) is 39.2 Å². The normalized spacial score (nSPS) is 43.0. The second-order valence-electron chi connectivity index (χ2n) is 7.79. The Labute approximate surface area is 131 Å². The van der Waals surface area contributed by atoms with E-state index in [1.54, 1.807) is 6.08 Å². The highest BCUT2D eigenvalue weighted by molar-refractivity contribution is 6.05. The molecule has 4 saturated carbocycles. The Morgan fingerprint density at radius 2 is 1.77 bits per heavy atom. The van der Waals surface area contributed by atoms with Gasteiger partial charge in [0, 0.05) is 17.8 Å². The highest BCUT2D eigenvalue weighted by Gasteiger charge is 2.48. The number of hydrogen-bond acceptors (Lipinski definition) is 4. The van der Waals surface area contributed by atoms with Gasteiger partial charge in [-0.15, -0.1) is 0 Å². The lowest BCUT2D eigenvalue weighted by Gasteiger charge is -2.55. The molecule has 1 atom stereocenters. The number of methoxy groups -OCH3 is 1. The molecule has 0 spiro atoms. The van der Waals surface area contributed by atoms with Crippen LogP contribution in [0.4, 0.5) is 0 Å². The van der Waals surface area contributed by atoms with Crippen molar-refractivity contribution in [3.63, 3.8) is 0 Å². The lowest BCUT2D eigenvalue weighted by Crippen LogP contribution is -2.54. The fraction of sp³-hybridized carbons (Fsp3) is 0.778. The largest absolute Gasteiger partial charge is 0.468 e. The van der Waals surface area contributed by atoms with Crippen molar-refractivity contribution >= 4 is 11.8 Å². The fourth-order valence-electron chi connectivity index (χ4n) is 5.65. The Kier molecular flexibility index (Phi) is 3.50. The van der Waals surface area contributed by atoms with Crippen LogP contribution in [0.15, 0.2) is 11.8 Å². The Balaban J connectivity index is 1.44. The standard InChI is InChI=1S/C18H25NO3/c1-22-18(21)15-3-2-14(9-16(15)20)19-17-12-5-10-4-11(7-12)8-13(17)6-10/h9-13,15,17,19H,2-8H2,1H3. The summed E-state index contributed by atoms with van der Waals surface area (Å²) in [7, 11) is 1.35. The first-order valence-corrected chi connectivity index (χ1v) is 8.72. The number of ketones is 1. The molecule has 0 aromatic carbocycles. The van der Waals surface area contributed by atoms with Crippen LogP contribution in [0.25, 0.3) is 0 Å². The predicted molar refractivity (Wildman–Crippen MR) is 81.8 cm³/mol. The first kappa shape index (κ1) is 14.3. The molecule has 0 aliphatic heterocycles. The minimum atomic E-state index is -0.589. The molecule has 0 radical (unpaired) electrons. The summed E-state index contributed by atoms with van der Waals surface area (Å²) >= 11 is 0. The first-order valence-electron chi connectivity index (χ1n) is 8.72. The maximum absolute atomic E-state index is 12.1. The lowest BCUT2D eigenvalue weighted by molar-refractivity contribution is -0.148. The van der Waals surface area contributed by atoms with Gasteiger partial charge in [-0.1, -0.05) is 0 Å². The molecule has 4 heteroatoms. The summed E-state index contributed by atoms with van der Waals surface area (Å²) in [5.41, 5.74) is 1.04. The molecule has 120 valence electrons. The first-order chi connectivity index (χ1) is 10.6. The van der Waals surface area contributed by atoms with E-state index in [9.17, 15) is 9.59 Å². The van der Waals surface area contributed by atoms with Crippen molar-refractivity contribution in [2.45, 2.75) is 51.0 Å². The van der Waals surface area contributed by atoms with E-state index in [4.69, 9.17) is 4.74 Å². The molecule has 1 N–H and O–H groups in total. The van der Waals surface area contributed by atoms with E-state index >= 15 is 0 Å². The van der Waals surface area contributed by atoms with Crippen molar-refractivity contribution in [2.75, 3.05) is 7.11 Å². The summed E-state index contributed by atoms with van der Waals surface area (Å²) in [5.74, 6) is 2.45. The van der Waals surface area contributed by atoms with Gasteiger partial charge in [-0.05, 0) is 68.6 Å². The number of hydrogen-bond donors (Lipinski definition) is 1. The van der Waals surface area contributed by atoms with Crippen LogP contribution in [0.3, 0.4) is 0 Å². The van der Waals surface area contributed by atoms with Crippen LogP contribution in [0.1, 0.15) is 44.9 Å². The third-order valence-electron chi connectivity index (χ3n) is 6.43. The molecule has 0 aromatic heterocycles. The van der Waals surface area contributed by atoms with Crippen LogP contribution in [0.5, 0.6) is 0 Å². The highest BCUT2D eigenvalue weighted by Crippen LogP contribution is 2.54. The number of carbonyl (C=O) groups excluding carboxylic acids is 2. The summed E-state index contributed by atoms with van der Waals surface area (Å²) in [6, 6.07) is 0.557. The van der Waals surface area contributed by atoms with Gasteiger partial charge in [0.25, 0.3) is 0 Å². The second-order valence-corrected chi connectivity index (χ2v) is 7.79. The summed E-state index contributed by atoms with van der Waals surface area (Å²) in [5, 5.41) is 3.70. The predicted octanol–water partition coefficient (Wildman–Crippen LogP) is 2.44. The summed E-state index contributed by atoms with van der Waals surface area (Å²) in [4.78, 5) is 23.7. The van der Waals surface area contributed by atoms with Gasteiger partial charge in [0.2, 0.25) is 0 Å². The van der Waals surface area contributed by atoms with E-state index in [0.717, 1.165) is 35.8 Å². The van der Waals surface area contributed by atoms with Crippen LogP contribution in [0.2, 0.25) is 0 Å². The highest BCUT2D eigenvalue weighted by atomic mass is 16.5. The third kappa shape index (κ3) is 2.37. The molecule has 0 saturated heterocycles. The number of nitrogens with one attached hydrogen (secondary N) is 1. The van der Waals surface area contributed by atoms with Gasteiger partial charge >= 0.3 is 5.97 Å². The minimum absolute atomic E-state index is 0.0931. The van der Waals surface area contributed by atoms with E-state index in [2.05, 4.69) is 5.32 Å². The van der Waals surface area contributed by atoms with Crippen LogP contribution < -0.4 is 5.32 Å². The zero-order valence-electron chi connectivity index (χ0n) is 13.2. The van der Waals surface area contributed by atoms with Gasteiger partial charge < -0.3 is 10.1 Å². The molecular weight excluding hydrogens is 278 g/mol.